The van der Waals surface area contributed by atoms with E-state index in [9.17, 15) is 4.79 Å². The maximum atomic E-state index is 12.1. The van der Waals surface area contributed by atoms with Gasteiger partial charge in [-0.3, -0.25) is 4.79 Å². The van der Waals surface area contributed by atoms with Gasteiger partial charge >= 0.3 is 0 Å². The Bertz CT molecular complexity index is 884. The second-order valence-electron chi connectivity index (χ2n) is 5.65. The van der Waals surface area contributed by atoms with E-state index in [0.717, 1.165) is 29.1 Å². The third-order valence-corrected chi connectivity index (χ3v) is 3.67. The fourth-order valence-electron chi connectivity index (χ4n) is 2.37. The molecular formula is C17H19N5O3. The molecule has 0 aliphatic heterocycles. The van der Waals surface area contributed by atoms with Crippen LogP contribution in [0.3, 0.4) is 0 Å². The lowest BCUT2D eigenvalue weighted by Crippen LogP contribution is -2.25. The van der Waals surface area contributed by atoms with Crippen molar-refractivity contribution in [3.63, 3.8) is 0 Å². The number of hydrogen-bond donors (Lipinski definition) is 1. The Labute approximate surface area is 144 Å². The van der Waals surface area contributed by atoms with Crippen molar-refractivity contribution < 1.29 is 13.8 Å². The van der Waals surface area contributed by atoms with Crippen LogP contribution in [0.1, 0.15) is 40.4 Å². The summed E-state index contributed by atoms with van der Waals surface area (Å²) < 4.78 is 10.3. The van der Waals surface area contributed by atoms with Crippen LogP contribution in [0.2, 0.25) is 0 Å². The highest BCUT2D eigenvalue weighted by molar-refractivity contribution is 5.91. The molecule has 0 spiro atoms. The summed E-state index contributed by atoms with van der Waals surface area (Å²) in [6.45, 7) is 6.02. The molecule has 3 aromatic heterocycles. The fourth-order valence-corrected chi connectivity index (χ4v) is 2.37. The molecular weight excluding hydrogens is 322 g/mol. The molecule has 3 rings (SSSR count). The number of aromatic nitrogens is 4. The Hall–Kier alpha value is -3.03. The number of rotatable bonds is 6. The van der Waals surface area contributed by atoms with Crippen LogP contribution in [0.15, 0.2) is 27.4 Å². The third kappa shape index (κ3) is 3.90. The third-order valence-electron chi connectivity index (χ3n) is 3.67. The Kier molecular flexibility index (Phi) is 4.87. The molecule has 1 amide bonds. The molecule has 8 nitrogen and oxygen atoms in total. The first-order chi connectivity index (χ1) is 12.1. The van der Waals surface area contributed by atoms with Crippen LogP contribution in [-0.2, 0) is 12.8 Å². The second-order valence-corrected chi connectivity index (χ2v) is 5.65. The van der Waals surface area contributed by atoms with Crippen molar-refractivity contribution in [1.82, 2.24) is 25.6 Å². The maximum Gasteiger partial charge on any atom is 0.289 e. The van der Waals surface area contributed by atoms with E-state index in [0.29, 0.717) is 24.6 Å². The van der Waals surface area contributed by atoms with E-state index >= 15 is 0 Å². The molecule has 1 N–H and O–H groups in total. The van der Waals surface area contributed by atoms with Gasteiger partial charge < -0.3 is 14.4 Å². The van der Waals surface area contributed by atoms with Crippen LogP contribution in [0.4, 0.5) is 0 Å². The van der Waals surface area contributed by atoms with E-state index in [2.05, 4.69) is 25.6 Å². The van der Waals surface area contributed by atoms with Crippen molar-refractivity contribution in [2.75, 3.05) is 6.54 Å². The number of amides is 1. The van der Waals surface area contributed by atoms with Gasteiger partial charge in [-0.1, -0.05) is 17.2 Å². The molecule has 130 valence electrons. The average Bonchev–Trinajstić information content (AvgIpc) is 3.24. The largest absolute Gasteiger partial charge is 0.356 e. The minimum Gasteiger partial charge on any atom is -0.356 e. The molecule has 0 aliphatic rings. The molecule has 0 saturated carbocycles. The van der Waals surface area contributed by atoms with Gasteiger partial charge in [0.1, 0.15) is 5.82 Å². The van der Waals surface area contributed by atoms with Crippen molar-refractivity contribution in [2.45, 2.75) is 33.6 Å². The predicted octanol–water partition coefficient (Wildman–Crippen LogP) is 2.27. The van der Waals surface area contributed by atoms with Gasteiger partial charge in [0.15, 0.2) is 5.76 Å². The number of carbonyl (C=O) groups is 1. The zero-order valence-corrected chi connectivity index (χ0v) is 14.4. The monoisotopic (exact) mass is 341 g/mol. The van der Waals surface area contributed by atoms with E-state index < -0.39 is 0 Å². The first kappa shape index (κ1) is 16.8. The van der Waals surface area contributed by atoms with Gasteiger partial charge in [0.2, 0.25) is 5.76 Å². The number of aryl methyl sites for hydroxylation is 3. The Morgan fingerprint density at radius 2 is 2.04 bits per heavy atom. The standard InChI is InChI=1S/C17H19N5O3/c1-4-12-8-16(25-22-12)17(23)18-6-5-14-13(9-19-11(3)20-14)15-7-10(2)21-24-15/h7-9H,4-6H2,1-3H3,(H,18,23). The molecule has 25 heavy (non-hydrogen) atoms. The molecule has 3 aromatic rings. The van der Waals surface area contributed by atoms with Crippen molar-refractivity contribution in [1.29, 1.82) is 0 Å². The summed E-state index contributed by atoms with van der Waals surface area (Å²) in [6, 6.07) is 3.48. The highest BCUT2D eigenvalue weighted by Crippen LogP contribution is 2.23. The molecule has 0 saturated heterocycles. The number of carbonyl (C=O) groups excluding carboxylic acids is 1. The molecule has 0 unspecified atom stereocenters. The molecule has 0 aliphatic carbocycles. The first-order valence-corrected chi connectivity index (χ1v) is 8.06. The molecule has 0 atom stereocenters. The zero-order valence-electron chi connectivity index (χ0n) is 14.4. The summed E-state index contributed by atoms with van der Waals surface area (Å²) in [6.07, 6.45) is 2.96. The van der Waals surface area contributed by atoms with Gasteiger partial charge in [0.05, 0.1) is 22.6 Å². The van der Waals surface area contributed by atoms with E-state index in [1.54, 1.807) is 12.3 Å². The SMILES string of the molecule is CCc1cc(C(=O)NCCc2nc(C)ncc2-c2cc(C)no2)on1. The topological polar surface area (TPSA) is 107 Å². The molecule has 0 radical (unpaired) electrons. The van der Waals surface area contributed by atoms with Gasteiger partial charge in [0.25, 0.3) is 5.91 Å². The van der Waals surface area contributed by atoms with Gasteiger partial charge in [-0.15, -0.1) is 0 Å². The number of nitrogens with zero attached hydrogens (tertiary/aromatic N) is 4. The van der Waals surface area contributed by atoms with Crippen molar-refractivity contribution in [3.05, 3.63) is 47.0 Å². The summed E-state index contributed by atoms with van der Waals surface area (Å²) in [7, 11) is 0. The van der Waals surface area contributed by atoms with Crippen molar-refractivity contribution in [2.24, 2.45) is 0 Å². The maximum absolute atomic E-state index is 12.1. The normalized spacial score (nSPS) is 10.8. The zero-order chi connectivity index (χ0) is 17.8. The summed E-state index contributed by atoms with van der Waals surface area (Å²) in [5.74, 6) is 1.18. The Morgan fingerprint density at radius 1 is 1.20 bits per heavy atom. The molecule has 3 heterocycles. The van der Waals surface area contributed by atoms with E-state index in [1.165, 1.54) is 0 Å². The quantitative estimate of drug-likeness (QED) is 0.733. The van der Waals surface area contributed by atoms with Crippen LogP contribution in [-0.4, -0.2) is 32.7 Å². The van der Waals surface area contributed by atoms with E-state index in [-0.39, 0.29) is 11.7 Å². The van der Waals surface area contributed by atoms with Crippen LogP contribution in [0.5, 0.6) is 0 Å². The highest BCUT2D eigenvalue weighted by atomic mass is 16.5. The van der Waals surface area contributed by atoms with Crippen LogP contribution >= 0.6 is 0 Å². The Morgan fingerprint density at radius 3 is 2.72 bits per heavy atom. The van der Waals surface area contributed by atoms with E-state index in [1.807, 2.05) is 26.8 Å². The van der Waals surface area contributed by atoms with Crippen molar-refractivity contribution >= 4 is 5.91 Å². The van der Waals surface area contributed by atoms with Gasteiger partial charge in [-0.25, -0.2) is 9.97 Å². The van der Waals surface area contributed by atoms with Crippen LogP contribution < -0.4 is 5.32 Å². The minimum atomic E-state index is -0.296. The van der Waals surface area contributed by atoms with Crippen LogP contribution in [0, 0.1) is 13.8 Å². The first-order valence-electron chi connectivity index (χ1n) is 8.06. The fraction of sp³-hybridized carbons (Fsp3) is 0.353. The van der Waals surface area contributed by atoms with E-state index in [4.69, 9.17) is 9.05 Å². The average molecular weight is 341 g/mol. The highest BCUT2D eigenvalue weighted by Gasteiger charge is 2.15. The molecule has 0 aromatic carbocycles. The summed E-state index contributed by atoms with van der Waals surface area (Å²) in [5.41, 5.74) is 3.09. The van der Waals surface area contributed by atoms with Crippen molar-refractivity contribution in [3.8, 4) is 11.3 Å². The van der Waals surface area contributed by atoms with Gasteiger partial charge in [-0.05, 0) is 20.3 Å². The van der Waals surface area contributed by atoms with Gasteiger partial charge in [-0.2, -0.15) is 0 Å². The lowest BCUT2D eigenvalue weighted by Gasteiger charge is -2.07. The second kappa shape index (κ2) is 7.25. The smallest absolute Gasteiger partial charge is 0.289 e. The number of nitrogens with one attached hydrogen (secondary N) is 1. The predicted molar refractivity (Wildman–Crippen MR) is 88.9 cm³/mol. The lowest BCUT2D eigenvalue weighted by atomic mass is 10.1. The summed E-state index contributed by atoms with van der Waals surface area (Å²) in [4.78, 5) is 20.8. The summed E-state index contributed by atoms with van der Waals surface area (Å²) in [5, 5.41) is 10.5. The molecule has 8 heteroatoms. The lowest BCUT2D eigenvalue weighted by molar-refractivity contribution is 0.0917. The molecule has 0 fully saturated rings. The number of hydrogen-bond acceptors (Lipinski definition) is 7. The minimum absolute atomic E-state index is 0.210. The Balaban J connectivity index is 1.68. The van der Waals surface area contributed by atoms with Crippen LogP contribution in [0.25, 0.3) is 11.3 Å². The molecule has 0 bridgehead atoms. The van der Waals surface area contributed by atoms with Gasteiger partial charge in [0, 0.05) is 31.3 Å². The summed E-state index contributed by atoms with van der Waals surface area (Å²) >= 11 is 0.